The van der Waals surface area contributed by atoms with Crippen LogP contribution in [-0.4, -0.2) is 24.7 Å². The van der Waals surface area contributed by atoms with Crippen molar-refractivity contribution in [1.82, 2.24) is 24.7 Å². The molecule has 0 bridgehead atoms. The zero-order valence-corrected chi connectivity index (χ0v) is 17.6. The molecule has 0 aliphatic carbocycles. The van der Waals surface area contributed by atoms with Crippen molar-refractivity contribution >= 4 is 22.7 Å². The molecule has 0 aliphatic heterocycles. The number of aromatic amines is 1. The van der Waals surface area contributed by atoms with Crippen molar-refractivity contribution in [2.45, 2.75) is 30.5 Å². The van der Waals surface area contributed by atoms with Gasteiger partial charge in [0, 0.05) is 6.54 Å². The summed E-state index contributed by atoms with van der Waals surface area (Å²) in [4.78, 5) is 19.8. The third-order valence-electron chi connectivity index (χ3n) is 4.60. The number of nitrogens with one attached hydrogen (secondary N) is 1. The lowest BCUT2D eigenvalue weighted by Crippen LogP contribution is -2.13. The highest BCUT2D eigenvalue weighted by molar-refractivity contribution is 7.99. The molecule has 2 heterocycles. The number of hydrogen-bond donors (Lipinski definition) is 1. The van der Waals surface area contributed by atoms with Crippen LogP contribution in [0.3, 0.4) is 0 Å². The number of hydrogen-bond acceptors (Lipinski definition) is 6. The average molecular weight is 438 g/mol. The first-order valence-electron chi connectivity index (χ1n) is 9.62. The minimum Gasteiger partial charge on any atom is -0.483 e. The molecule has 0 fully saturated rings. The molecule has 2 aromatic carbocycles. The summed E-state index contributed by atoms with van der Waals surface area (Å²) in [5.74, 6) is 0.798. The van der Waals surface area contributed by atoms with E-state index < -0.39 is 5.82 Å². The van der Waals surface area contributed by atoms with Crippen LogP contribution in [0, 0.1) is 5.82 Å². The lowest BCUT2D eigenvalue weighted by molar-refractivity contribution is 0.275. The Hall–Kier alpha value is -3.46. The first kappa shape index (κ1) is 20.8. The van der Waals surface area contributed by atoms with Crippen molar-refractivity contribution in [1.29, 1.82) is 0 Å². The molecule has 4 rings (SSSR count). The van der Waals surface area contributed by atoms with E-state index in [2.05, 4.69) is 26.7 Å². The number of thioether (sulfide) groups is 1. The van der Waals surface area contributed by atoms with Gasteiger partial charge in [-0.25, -0.2) is 9.37 Å². The van der Waals surface area contributed by atoms with E-state index in [4.69, 9.17) is 4.74 Å². The number of allylic oxidation sites excluding steroid dienone is 1. The average Bonchev–Trinajstić information content (AvgIpc) is 3.14. The largest absolute Gasteiger partial charge is 0.483 e. The van der Waals surface area contributed by atoms with Crippen LogP contribution in [0.25, 0.3) is 10.9 Å². The van der Waals surface area contributed by atoms with Gasteiger partial charge in [0.1, 0.15) is 12.4 Å². The molecule has 0 saturated carbocycles. The molecule has 9 heteroatoms. The summed E-state index contributed by atoms with van der Waals surface area (Å²) in [5, 5.41) is 9.43. The number of nitrogens with zero attached hydrogens (tertiary/aromatic N) is 4. The molecular formula is C22H20FN5O2S. The van der Waals surface area contributed by atoms with Crippen molar-refractivity contribution in [3.63, 3.8) is 0 Å². The van der Waals surface area contributed by atoms with Gasteiger partial charge in [0.05, 0.1) is 16.2 Å². The number of fused-ring (bicyclic) bond motifs is 1. The molecule has 1 atom stereocenters. The first-order valence-corrected chi connectivity index (χ1v) is 10.5. The van der Waals surface area contributed by atoms with E-state index >= 15 is 0 Å². The lowest BCUT2D eigenvalue weighted by atomic mass is 10.2. The van der Waals surface area contributed by atoms with E-state index in [1.807, 2.05) is 23.6 Å². The molecule has 0 radical (unpaired) electrons. The van der Waals surface area contributed by atoms with Crippen LogP contribution in [0.2, 0.25) is 0 Å². The van der Waals surface area contributed by atoms with Crippen molar-refractivity contribution in [3.05, 3.63) is 89.0 Å². The van der Waals surface area contributed by atoms with Crippen LogP contribution in [0.4, 0.5) is 4.39 Å². The number of rotatable bonds is 8. The monoisotopic (exact) mass is 437 g/mol. The summed E-state index contributed by atoms with van der Waals surface area (Å²) in [6.45, 7) is 6.23. The normalized spacial score (nSPS) is 12.1. The zero-order chi connectivity index (χ0) is 21.8. The van der Waals surface area contributed by atoms with Crippen LogP contribution in [0.15, 0.2) is 71.1 Å². The lowest BCUT2D eigenvalue weighted by Gasteiger charge is -2.13. The third-order valence-corrected chi connectivity index (χ3v) is 5.69. The van der Waals surface area contributed by atoms with Crippen LogP contribution < -0.4 is 10.3 Å². The van der Waals surface area contributed by atoms with Gasteiger partial charge in [-0.1, -0.05) is 42.1 Å². The minimum atomic E-state index is -0.438. The molecular weight excluding hydrogens is 417 g/mol. The SMILES string of the molecule is C=CCn1c(COc2ccccc2F)nnc1SC(C)c1nc2ccccc2c(=O)[nH]1. The summed E-state index contributed by atoms with van der Waals surface area (Å²) >= 11 is 1.41. The van der Waals surface area contributed by atoms with Gasteiger partial charge in [0.15, 0.2) is 22.5 Å². The van der Waals surface area contributed by atoms with Crippen molar-refractivity contribution in [2.24, 2.45) is 0 Å². The van der Waals surface area contributed by atoms with Gasteiger partial charge >= 0.3 is 0 Å². The fraction of sp³-hybridized carbons (Fsp3) is 0.182. The Morgan fingerprint density at radius 3 is 2.81 bits per heavy atom. The Labute approximate surface area is 182 Å². The molecule has 158 valence electrons. The van der Waals surface area contributed by atoms with Gasteiger partial charge in [0.2, 0.25) is 0 Å². The second-order valence-electron chi connectivity index (χ2n) is 6.75. The molecule has 1 unspecified atom stereocenters. The fourth-order valence-corrected chi connectivity index (χ4v) is 3.98. The molecule has 7 nitrogen and oxygen atoms in total. The number of benzene rings is 2. The second kappa shape index (κ2) is 9.13. The summed E-state index contributed by atoms with van der Waals surface area (Å²) in [7, 11) is 0. The zero-order valence-electron chi connectivity index (χ0n) is 16.8. The third kappa shape index (κ3) is 4.51. The molecule has 1 N–H and O–H groups in total. The number of ether oxygens (including phenoxy) is 1. The highest BCUT2D eigenvalue weighted by atomic mass is 32.2. The molecule has 0 aliphatic rings. The van der Waals surface area contributed by atoms with Gasteiger partial charge < -0.3 is 9.72 Å². The van der Waals surface area contributed by atoms with E-state index in [0.29, 0.717) is 34.3 Å². The smallest absolute Gasteiger partial charge is 0.258 e. The minimum absolute atomic E-state index is 0.0573. The Morgan fingerprint density at radius 1 is 1.23 bits per heavy atom. The maximum atomic E-state index is 13.8. The molecule has 0 amide bonds. The van der Waals surface area contributed by atoms with Gasteiger partial charge in [-0.3, -0.25) is 9.36 Å². The summed E-state index contributed by atoms with van der Waals surface area (Å²) in [5.41, 5.74) is 0.458. The highest BCUT2D eigenvalue weighted by Gasteiger charge is 2.19. The van der Waals surface area contributed by atoms with E-state index in [-0.39, 0.29) is 23.2 Å². The molecule has 0 spiro atoms. The van der Waals surface area contributed by atoms with Crippen molar-refractivity contribution in [2.75, 3.05) is 0 Å². The first-order chi connectivity index (χ1) is 15.1. The summed E-state index contributed by atoms with van der Waals surface area (Å²) in [6.07, 6.45) is 1.72. The van der Waals surface area contributed by atoms with E-state index in [9.17, 15) is 9.18 Å². The van der Waals surface area contributed by atoms with Crippen LogP contribution in [0.1, 0.15) is 23.8 Å². The van der Waals surface area contributed by atoms with E-state index in [0.717, 1.165) is 0 Å². The van der Waals surface area contributed by atoms with Crippen molar-refractivity contribution < 1.29 is 9.13 Å². The Morgan fingerprint density at radius 2 is 2.00 bits per heavy atom. The highest BCUT2D eigenvalue weighted by Crippen LogP contribution is 2.32. The maximum absolute atomic E-state index is 13.8. The number of H-pyrrole nitrogens is 1. The predicted molar refractivity (Wildman–Crippen MR) is 118 cm³/mol. The molecule has 4 aromatic rings. The number of para-hydroxylation sites is 2. The molecule has 0 saturated heterocycles. The summed E-state index contributed by atoms with van der Waals surface area (Å²) in [6, 6.07) is 13.4. The van der Waals surface area contributed by atoms with Crippen LogP contribution in [0.5, 0.6) is 5.75 Å². The second-order valence-corrected chi connectivity index (χ2v) is 8.05. The van der Waals surface area contributed by atoms with Crippen molar-refractivity contribution in [3.8, 4) is 5.75 Å². The summed E-state index contributed by atoms with van der Waals surface area (Å²) < 4.78 is 21.2. The Balaban J connectivity index is 1.56. The molecule has 31 heavy (non-hydrogen) atoms. The van der Waals surface area contributed by atoms with E-state index in [1.54, 1.807) is 36.4 Å². The maximum Gasteiger partial charge on any atom is 0.258 e. The van der Waals surface area contributed by atoms with Gasteiger partial charge in [-0.15, -0.1) is 16.8 Å². The Kier molecular flexibility index (Phi) is 6.13. The number of halogens is 1. The topological polar surface area (TPSA) is 85.7 Å². The van der Waals surface area contributed by atoms with E-state index in [1.165, 1.54) is 17.8 Å². The van der Waals surface area contributed by atoms with Gasteiger partial charge in [-0.05, 0) is 31.2 Å². The Bertz CT molecular complexity index is 1290. The van der Waals surface area contributed by atoms with Crippen LogP contribution in [-0.2, 0) is 13.2 Å². The van der Waals surface area contributed by atoms with Gasteiger partial charge in [0.25, 0.3) is 5.56 Å². The predicted octanol–water partition coefficient (Wildman–Crippen LogP) is 4.27. The van der Waals surface area contributed by atoms with Crippen LogP contribution >= 0.6 is 11.8 Å². The van der Waals surface area contributed by atoms with Gasteiger partial charge in [-0.2, -0.15) is 0 Å². The fourth-order valence-electron chi connectivity index (χ4n) is 3.04. The molecule has 2 aromatic heterocycles. The number of aromatic nitrogens is 5. The quantitative estimate of drug-likeness (QED) is 0.327. The standard InChI is InChI=1S/C22H20FN5O2S/c1-3-12-28-19(13-30-18-11-7-5-9-16(18)23)26-27-22(28)31-14(2)20-24-17-10-6-4-8-15(17)21(29)25-20/h3-11,14H,1,12-13H2,2H3,(H,24,25,29).